The zero-order valence-corrected chi connectivity index (χ0v) is 22.3. The van der Waals surface area contributed by atoms with Crippen molar-refractivity contribution in [2.24, 2.45) is 17.2 Å². The number of imidazole rings is 1. The van der Waals surface area contributed by atoms with Crippen LogP contribution in [-0.4, -0.2) is 98.9 Å². The Kier molecular flexibility index (Phi) is 15.0. The van der Waals surface area contributed by atoms with Gasteiger partial charge in [-0.1, -0.05) is 0 Å². The molecule has 228 valence electrons. The van der Waals surface area contributed by atoms with Crippen molar-refractivity contribution in [1.82, 2.24) is 31.2 Å². The first-order valence-corrected chi connectivity index (χ1v) is 12.7. The number of H-pyrrole nitrogens is 1. The number of unbranched alkanes of at least 4 members (excludes halogenated alkanes) is 1. The maximum absolute atomic E-state index is 13.2. The van der Waals surface area contributed by atoms with Crippen LogP contribution >= 0.6 is 0 Å². The van der Waals surface area contributed by atoms with Crippen LogP contribution < -0.4 is 38.5 Å². The Morgan fingerprint density at radius 1 is 0.854 bits per heavy atom. The van der Waals surface area contributed by atoms with Crippen LogP contribution in [-0.2, 0) is 40.0 Å². The summed E-state index contributed by atoms with van der Waals surface area (Å²) >= 11 is 0. The number of carboxylic acids is 2. The van der Waals surface area contributed by atoms with Gasteiger partial charge in [-0.25, -0.2) is 4.98 Å². The molecule has 1 aromatic heterocycles. The summed E-state index contributed by atoms with van der Waals surface area (Å²) in [4.78, 5) is 91.2. The second-order valence-electron chi connectivity index (χ2n) is 9.07. The Balaban J connectivity index is 3.08. The number of hydrogen-bond acceptors (Lipinski definition) is 10. The predicted octanol–water partition coefficient (Wildman–Crippen LogP) is -4.20. The summed E-state index contributed by atoms with van der Waals surface area (Å²) in [5.41, 5.74) is 16.9. The van der Waals surface area contributed by atoms with Gasteiger partial charge in [0.2, 0.25) is 29.5 Å². The zero-order valence-electron chi connectivity index (χ0n) is 22.3. The molecular weight excluding hydrogens is 546 g/mol. The second-order valence-corrected chi connectivity index (χ2v) is 9.07. The standard InChI is InChI=1S/C23H37N9O9/c24-6-2-1-3-14(22(40)32-15(7-12-9-27-11-29-12)21(39)28-10-19(36)37)30-23(41)16(8-17(26)33)31-20(38)13(25)4-5-18(34)35/h9,11,13-16H,1-8,10,24-25H2,(H2,26,33)(H,27,29)(H,28,39)(H,30,41)(H,31,38)(H,32,40)(H,34,35)(H,36,37)/t13-,14-,15-,16-/m0/s1. The van der Waals surface area contributed by atoms with Crippen LogP contribution in [0, 0.1) is 0 Å². The molecule has 0 spiro atoms. The van der Waals surface area contributed by atoms with E-state index in [0.717, 1.165) is 0 Å². The van der Waals surface area contributed by atoms with E-state index in [1.165, 1.54) is 12.5 Å². The van der Waals surface area contributed by atoms with Gasteiger partial charge >= 0.3 is 11.9 Å². The first-order chi connectivity index (χ1) is 19.3. The lowest BCUT2D eigenvalue weighted by molar-refractivity contribution is -0.138. The molecule has 0 aliphatic heterocycles. The topological polar surface area (TPSA) is 315 Å². The highest BCUT2D eigenvalue weighted by Gasteiger charge is 2.31. The lowest BCUT2D eigenvalue weighted by Crippen LogP contribution is -2.58. The van der Waals surface area contributed by atoms with Gasteiger partial charge in [-0.15, -0.1) is 0 Å². The molecule has 0 aromatic carbocycles. The lowest BCUT2D eigenvalue weighted by atomic mass is 10.0. The molecule has 1 aromatic rings. The zero-order chi connectivity index (χ0) is 30.9. The number of carbonyl (C=O) groups excluding carboxylic acids is 5. The molecule has 1 rings (SSSR count). The number of carbonyl (C=O) groups is 7. The second kappa shape index (κ2) is 17.9. The highest BCUT2D eigenvalue weighted by Crippen LogP contribution is 2.06. The largest absolute Gasteiger partial charge is 0.481 e. The number of aromatic nitrogens is 2. The van der Waals surface area contributed by atoms with Gasteiger partial charge in [0.05, 0.1) is 18.8 Å². The van der Waals surface area contributed by atoms with Gasteiger partial charge in [0, 0.05) is 24.7 Å². The molecule has 0 radical (unpaired) electrons. The summed E-state index contributed by atoms with van der Waals surface area (Å²) in [6.07, 6.45) is 2.27. The highest BCUT2D eigenvalue weighted by atomic mass is 16.4. The molecule has 18 heteroatoms. The van der Waals surface area contributed by atoms with E-state index >= 15 is 0 Å². The molecule has 1 heterocycles. The molecule has 0 aliphatic carbocycles. The summed E-state index contributed by atoms with van der Waals surface area (Å²) in [6.45, 7) is -0.412. The third-order valence-electron chi connectivity index (χ3n) is 5.65. The highest BCUT2D eigenvalue weighted by molar-refractivity contribution is 5.96. The summed E-state index contributed by atoms with van der Waals surface area (Å²) in [5, 5.41) is 27.0. The minimum atomic E-state index is -1.54. The number of primary amides is 1. The molecule has 0 saturated heterocycles. The van der Waals surface area contributed by atoms with E-state index in [4.69, 9.17) is 27.4 Å². The third kappa shape index (κ3) is 13.9. The van der Waals surface area contributed by atoms with E-state index in [1.807, 2.05) is 0 Å². The molecular formula is C23H37N9O9. The van der Waals surface area contributed by atoms with Crippen LogP contribution in [0.3, 0.4) is 0 Å². The van der Waals surface area contributed by atoms with Crippen molar-refractivity contribution in [2.75, 3.05) is 13.1 Å². The first kappa shape index (κ1) is 34.4. The fraction of sp³-hybridized carbons (Fsp3) is 0.565. The Labute approximate surface area is 234 Å². The number of nitrogens with zero attached hydrogens (tertiary/aromatic N) is 1. The molecule has 18 nitrogen and oxygen atoms in total. The van der Waals surface area contributed by atoms with E-state index < -0.39 is 85.0 Å². The Morgan fingerprint density at radius 3 is 2.05 bits per heavy atom. The molecule has 0 saturated carbocycles. The summed E-state index contributed by atoms with van der Waals surface area (Å²) in [6, 6.07) is -5.37. The smallest absolute Gasteiger partial charge is 0.322 e. The van der Waals surface area contributed by atoms with Crippen LogP contribution in [0.2, 0.25) is 0 Å². The molecule has 0 bridgehead atoms. The van der Waals surface area contributed by atoms with Crippen LogP contribution in [0.4, 0.5) is 0 Å². The SMILES string of the molecule is NCCCC[C@H](NC(=O)[C@H](CC(N)=O)NC(=O)[C@@H](N)CCC(=O)O)C(=O)N[C@@H](Cc1cnc[nH]1)C(=O)NCC(=O)O. The Hall–Kier alpha value is -4.58. The van der Waals surface area contributed by atoms with Crippen LogP contribution in [0.25, 0.3) is 0 Å². The monoisotopic (exact) mass is 583 g/mol. The summed E-state index contributed by atoms with van der Waals surface area (Å²) in [5.74, 6) is -6.94. The molecule has 13 N–H and O–H groups in total. The van der Waals surface area contributed by atoms with Crippen LogP contribution in [0.15, 0.2) is 12.5 Å². The maximum Gasteiger partial charge on any atom is 0.322 e. The van der Waals surface area contributed by atoms with Crippen molar-refractivity contribution in [3.05, 3.63) is 18.2 Å². The van der Waals surface area contributed by atoms with Gasteiger partial charge in [-0.2, -0.15) is 0 Å². The van der Waals surface area contributed by atoms with Gasteiger partial charge in [-0.05, 0) is 32.2 Å². The fourth-order valence-corrected chi connectivity index (χ4v) is 3.52. The number of nitrogens with one attached hydrogen (secondary N) is 5. The molecule has 5 amide bonds. The van der Waals surface area contributed by atoms with Gasteiger partial charge in [0.15, 0.2) is 0 Å². The molecule has 0 aliphatic rings. The molecule has 41 heavy (non-hydrogen) atoms. The molecule has 0 fully saturated rings. The molecule has 0 unspecified atom stereocenters. The maximum atomic E-state index is 13.2. The van der Waals surface area contributed by atoms with Crippen molar-refractivity contribution < 1.29 is 43.8 Å². The van der Waals surface area contributed by atoms with Crippen LogP contribution in [0.1, 0.15) is 44.2 Å². The normalized spacial score (nSPS) is 13.6. The number of aliphatic carboxylic acids is 2. The van der Waals surface area contributed by atoms with Gasteiger partial charge in [-0.3, -0.25) is 33.6 Å². The Morgan fingerprint density at radius 2 is 1.49 bits per heavy atom. The van der Waals surface area contributed by atoms with Gasteiger partial charge in [0.25, 0.3) is 0 Å². The quantitative estimate of drug-likeness (QED) is 0.0653. The molecule has 4 atom stereocenters. The number of hydrogen-bond donors (Lipinski definition) is 10. The van der Waals surface area contributed by atoms with E-state index in [9.17, 15) is 33.6 Å². The predicted molar refractivity (Wildman–Crippen MR) is 140 cm³/mol. The van der Waals surface area contributed by atoms with E-state index in [2.05, 4.69) is 31.2 Å². The fourth-order valence-electron chi connectivity index (χ4n) is 3.52. The van der Waals surface area contributed by atoms with Crippen molar-refractivity contribution >= 4 is 41.5 Å². The van der Waals surface area contributed by atoms with E-state index in [1.54, 1.807) is 0 Å². The van der Waals surface area contributed by atoms with Crippen molar-refractivity contribution in [3.8, 4) is 0 Å². The van der Waals surface area contributed by atoms with Crippen molar-refractivity contribution in [3.63, 3.8) is 0 Å². The van der Waals surface area contributed by atoms with Gasteiger partial charge < -0.3 is 53.7 Å². The summed E-state index contributed by atoms with van der Waals surface area (Å²) < 4.78 is 0. The average Bonchev–Trinajstić information content (AvgIpc) is 3.41. The van der Waals surface area contributed by atoms with Crippen molar-refractivity contribution in [2.45, 2.75) is 69.1 Å². The Bertz CT molecular complexity index is 1070. The minimum absolute atomic E-state index is 0.0532. The number of amides is 5. The lowest BCUT2D eigenvalue weighted by Gasteiger charge is -2.25. The van der Waals surface area contributed by atoms with Gasteiger partial charge in [0.1, 0.15) is 24.7 Å². The van der Waals surface area contributed by atoms with Crippen LogP contribution in [0.5, 0.6) is 0 Å². The minimum Gasteiger partial charge on any atom is -0.481 e. The average molecular weight is 584 g/mol. The summed E-state index contributed by atoms with van der Waals surface area (Å²) in [7, 11) is 0. The number of aromatic amines is 1. The van der Waals surface area contributed by atoms with Crippen molar-refractivity contribution in [1.29, 1.82) is 0 Å². The third-order valence-corrected chi connectivity index (χ3v) is 5.65. The van der Waals surface area contributed by atoms with E-state index in [-0.39, 0.29) is 25.8 Å². The number of nitrogens with two attached hydrogens (primary N) is 3. The first-order valence-electron chi connectivity index (χ1n) is 12.7. The number of rotatable bonds is 20. The number of carboxylic acid groups (broad SMARTS) is 2. The van der Waals surface area contributed by atoms with E-state index in [0.29, 0.717) is 18.5 Å².